The lowest BCUT2D eigenvalue weighted by atomic mass is 9.70. The maximum Gasteiger partial charge on any atom is 0.126 e. The summed E-state index contributed by atoms with van der Waals surface area (Å²) in [4.78, 5) is 0. The number of benzene rings is 2. The summed E-state index contributed by atoms with van der Waals surface area (Å²) in [7, 11) is 1.85. The van der Waals surface area contributed by atoms with Gasteiger partial charge in [-0.1, -0.05) is 60.7 Å². The zero-order valence-electron chi connectivity index (χ0n) is 12.3. The Morgan fingerprint density at radius 2 is 1.57 bits per heavy atom. The van der Waals surface area contributed by atoms with Crippen LogP contribution < -0.4 is 5.32 Å². The van der Waals surface area contributed by atoms with E-state index in [1.54, 1.807) is 0 Å². The third-order valence-corrected chi connectivity index (χ3v) is 5.26. The molecule has 108 valence electrons. The average molecular weight is 279 g/mol. The Morgan fingerprint density at radius 3 is 2.19 bits per heavy atom. The average Bonchev–Trinajstić information content (AvgIpc) is 3.13. The molecule has 2 aromatic rings. The van der Waals surface area contributed by atoms with Crippen molar-refractivity contribution in [1.82, 2.24) is 5.32 Å². The van der Waals surface area contributed by atoms with Crippen LogP contribution in [0.5, 0.6) is 0 Å². The zero-order valence-corrected chi connectivity index (χ0v) is 12.3. The van der Waals surface area contributed by atoms with Crippen LogP contribution in [0.1, 0.15) is 35.8 Å². The first-order valence-corrected chi connectivity index (χ1v) is 7.77. The molecule has 0 unspecified atom stereocenters. The molecule has 4 rings (SSSR count). The van der Waals surface area contributed by atoms with Crippen molar-refractivity contribution in [2.75, 3.05) is 7.11 Å². The lowest BCUT2D eigenvalue weighted by molar-refractivity contribution is -0.0352. The first-order chi connectivity index (χ1) is 10.3. The van der Waals surface area contributed by atoms with Crippen LogP contribution in [0.4, 0.5) is 0 Å². The molecule has 1 N–H and O–H groups in total. The Kier molecular flexibility index (Phi) is 3.09. The molecule has 21 heavy (non-hydrogen) atoms. The quantitative estimate of drug-likeness (QED) is 0.925. The Hall–Kier alpha value is -1.64. The highest BCUT2D eigenvalue weighted by Gasteiger charge is 2.58. The van der Waals surface area contributed by atoms with Gasteiger partial charge >= 0.3 is 0 Å². The van der Waals surface area contributed by atoms with Crippen LogP contribution in [0.25, 0.3) is 0 Å². The van der Waals surface area contributed by atoms with E-state index in [1.165, 1.54) is 17.5 Å². The van der Waals surface area contributed by atoms with Gasteiger partial charge in [-0.2, -0.15) is 0 Å². The van der Waals surface area contributed by atoms with E-state index >= 15 is 0 Å². The molecule has 4 atom stereocenters. The van der Waals surface area contributed by atoms with Crippen molar-refractivity contribution in [3.05, 3.63) is 71.8 Å². The highest BCUT2D eigenvalue weighted by atomic mass is 16.5. The van der Waals surface area contributed by atoms with E-state index in [9.17, 15) is 0 Å². The van der Waals surface area contributed by atoms with Crippen molar-refractivity contribution in [1.29, 1.82) is 0 Å². The van der Waals surface area contributed by atoms with Gasteiger partial charge in [0.2, 0.25) is 0 Å². The highest BCUT2D eigenvalue weighted by molar-refractivity contribution is 5.37. The SMILES string of the molecule is CO[C@]12CC[C@H](N1)[C@H](c1ccccc1)[C@H]2c1ccccc1. The summed E-state index contributed by atoms with van der Waals surface area (Å²) in [5.74, 6) is 0.868. The fourth-order valence-electron chi connectivity index (χ4n) is 4.39. The standard InChI is InChI=1S/C19H21NO/c1-21-19-13-12-16(20-19)17(14-8-4-2-5-9-14)18(19)15-10-6-3-7-11-15/h2-11,16-18,20H,12-13H2,1H3/t16-,17-,18+,19-/m0/s1. The minimum Gasteiger partial charge on any atom is -0.363 e. The molecule has 2 aliphatic heterocycles. The van der Waals surface area contributed by atoms with Crippen LogP contribution in [0.15, 0.2) is 60.7 Å². The van der Waals surface area contributed by atoms with Crippen LogP contribution in [-0.2, 0) is 4.74 Å². The molecular formula is C19H21NO. The number of methoxy groups -OCH3 is 1. The van der Waals surface area contributed by atoms with E-state index in [0.717, 1.165) is 6.42 Å². The van der Waals surface area contributed by atoms with Gasteiger partial charge in [-0.3, -0.25) is 5.32 Å². The largest absolute Gasteiger partial charge is 0.363 e. The van der Waals surface area contributed by atoms with E-state index in [1.807, 2.05) is 7.11 Å². The molecule has 0 aromatic heterocycles. The Balaban J connectivity index is 1.82. The summed E-state index contributed by atoms with van der Waals surface area (Å²) in [6.45, 7) is 0. The Morgan fingerprint density at radius 1 is 0.952 bits per heavy atom. The number of fused-ring (bicyclic) bond motifs is 2. The maximum atomic E-state index is 6.00. The second-order valence-corrected chi connectivity index (χ2v) is 6.21. The molecule has 0 aliphatic carbocycles. The zero-order chi connectivity index (χ0) is 14.3. The number of hydrogen-bond acceptors (Lipinski definition) is 2. The first kappa shape index (κ1) is 13.1. The molecule has 2 fully saturated rings. The summed E-state index contributed by atoms with van der Waals surface area (Å²) in [6.07, 6.45) is 2.29. The molecule has 2 bridgehead atoms. The molecular weight excluding hydrogens is 258 g/mol. The van der Waals surface area contributed by atoms with Crippen LogP contribution >= 0.6 is 0 Å². The maximum absolute atomic E-state index is 6.00. The molecule has 2 nitrogen and oxygen atoms in total. The van der Waals surface area contributed by atoms with Crippen molar-refractivity contribution in [3.63, 3.8) is 0 Å². The molecule has 2 heteroatoms. The fraction of sp³-hybridized carbons (Fsp3) is 0.368. The third-order valence-electron chi connectivity index (χ3n) is 5.26. The molecule has 0 amide bonds. The van der Waals surface area contributed by atoms with E-state index in [0.29, 0.717) is 17.9 Å². The highest BCUT2D eigenvalue weighted by Crippen LogP contribution is 2.55. The third kappa shape index (κ3) is 1.94. The van der Waals surface area contributed by atoms with Gasteiger partial charge in [0.25, 0.3) is 0 Å². The van der Waals surface area contributed by atoms with Crippen molar-refractivity contribution in [2.24, 2.45) is 0 Å². The lowest BCUT2D eigenvalue weighted by Crippen LogP contribution is -2.43. The van der Waals surface area contributed by atoms with E-state index in [2.05, 4.69) is 66.0 Å². The van der Waals surface area contributed by atoms with Gasteiger partial charge in [0.15, 0.2) is 0 Å². The summed E-state index contributed by atoms with van der Waals surface area (Å²) in [5.41, 5.74) is 2.59. The second kappa shape index (κ2) is 4.97. The normalized spacial score (nSPS) is 34.2. The first-order valence-electron chi connectivity index (χ1n) is 7.77. The van der Waals surface area contributed by atoms with Crippen LogP contribution in [0, 0.1) is 0 Å². The number of hydrogen-bond donors (Lipinski definition) is 1. The van der Waals surface area contributed by atoms with Gasteiger partial charge < -0.3 is 4.74 Å². The Bertz CT molecular complexity index is 612. The van der Waals surface area contributed by atoms with Gasteiger partial charge in [-0.05, 0) is 24.0 Å². The van der Waals surface area contributed by atoms with Gasteiger partial charge in [0.1, 0.15) is 5.72 Å². The van der Waals surface area contributed by atoms with E-state index in [-0.39, 0.29) is 5.72 Å². The molecule has 0 saturated carbocycles. The van der Waals surface area contributed by atoms with Crippen molar-refractivity contribution < 1.29 is 4.74 Å². The lowest BCUT2D eigenvalue weighted by Gasteiger charge is -2.37. The second-order valence-electron chi connectivity index (χ2n) is 6.21. The molecule has 0 radical (unpaired) electrons. The molecule has 2 aliphatic rings. The minimum absolute atomic E-state index is 0.202. The van der Waals surface area contributed by atoms with Gasteiger partial charge in [0.05, 0.1) is 0 Å². The van der Waals surface area contributed by atoms with Gasteiger partial charge in [-0.15, -0.1) is 0 Å². The fourth-order valence-corrected chi connectivity index (χ4v) is 4.39. The summed E-state index contributed by atoms with van der Waals surface area (Å²) < 4.78 is 6.00. The van der Waals surface area contributed by atoms with Crippen molar-refractivity contribution in [2.45, 2.75) is 36.4 Å². The van der Waals surface area contributed by atoms with Crippen LogP contribution in [0.2, 0.25) is 0 Å². The molecule has 2 aromatic carbocycles. The summed E-state index contributed by atoms with van der Waals surface area (Å²) >= 11 is 0. The monoisotopic (exact) mass is 279 g/mol. The van der Waals surface area contributed by atoms with Gasteiger partial charge in [0, 0.05) is 25.0 Å². The van der Waals surface area contributed by atoms with Crippen molar-refractivity contribution in [3.8, 4) is 0 Å². The van der Waals surface area contributed by atoms with Crippen LogP contribution in [-0.4, -0.2) is 18.9 Å². The number of ether oxygens (including phenoxy) is 1. The molecule has 0 spiro atoms. The smallest absolute Gasteiger partial charge is 0.126 e. The molecule has 2 heterocycles. The van der Waals surface area contributed by atoms with Gasteiger partial charge in [-0.25, -0.2) is 0 Å². The van der Waals surface area contributed by atoms with E-state index in [4.69, 9.17) is 4.74 Å². The predicted octanol–water partition coefficient (Wildman–Crippen LogP) is 3.66. The topological polar surface area (TPSA) is 21.3 Å². The number of nitrogens with one attached hydrogen (secondary N) is 1. The molecule has 2 saturated heterocycles. The predicted molar refractivity (Wildman–Crippen MR) is 84.3 cm³/mol. The number of rotatable bonds is 3. The summed E-state index contributed by atoms with van der Waals surface area (Å²) in [6, 6.07) is 22.2. The van der Waals surface area contributed by atoms with Crippen LogP contribution in [0.3, 0.4) is 0 Å². The minimum atomic E-state index is -0.202. The Labute approximate surface area is 126 Å². The van der Waals surface area contributed by atoms with Crippen molar-refractivity contribution >= 4 is 0 Å². The van der Waals surface area contributed by atoms with E-state index < -0.39 is 0 Å². The summed E-state index contributed by atoms with van der Waals surface area (Å²) in [5, 5.41) is 3.77.